The molecule has 0 aliphatic rings. The molecule has 4 aromatic carbocycles. The number of hydrogen-bond donors (Lipinski definition) is 2. The normalized spacial score (nSPS) is 9.78. The molecular formula is C22H16O4Te. The number of carbonyl (C=O) groups is 2. The molecule has 2 N–H and O–H groups in total. The molecule has 4 nitrogen and oxygen atoms in total. The van der Waals surface area contributed by atoms with Crippen LogP contribution in [0.1, 0.15) is 20.7 Å². The molecule has 0 atom stereocenters. The van der Waals surface area contributed by atoms with Gasteiger partial charge in [0.15, 0.2) is 0 Å². The minimum absolute atomic E-state index is 0. The molecule has 0 aliphatic heterocycles. The van der Waals surface area contributed by atoms with E-state index in [-0.39, 0.29) is 23.7 Å². The molecule has 2 radical (unpaired) electrons. The number of carboxylic acids is 2. The second-order valence-electron chi connectivity index (χ2n) is 5.66. The van der Waals surface area contributed by atoms with E-state index in [1.807, 2.05) is 60.7 Å². The molecule has 0 fully saturated rings. The largest absolute Gasteiger partial charge is 0.478 e. The van der Waals surface area contributed by atoms with Gasteiger partial charge in [0.2, 0.25) is 0 Å². The fourth-order valence-corrected chi connectivity index (χ4v) is 2.82. The number of benzene rings is 4. The maximum atomic E-state index is 10.8. The summed E-state index contributed by atoms with van der Waals surface area (Å²) in [4.78, 5) is 21.6. The van der Waals surface area contributed by atoms with Gasteiger partial charge in [-0.25, -0.2) is 9.59 Å². The van der Waals surface area contributed by atoms with Crippen molar-refractivity contribution in [2.75, 3.05) is 0 Å². The van der Waals surface area contributed by atoms with Gasteiger partial charge in [-0.3, -0.25) is 0 Å². The quantitative estimate of drug-likeness (QED) is 0.416. The molecule has 0 bridgehead atoms. The number of rotatable bonds is 2. The number of carboxylic acid groups (broad SMARTS) is 2. The summed E-state index contributed by atoms with van der Waals surface area (Å²) in [5.74, 6) is -1.76. The van der Waals surface area contributed by atoms with Crippen LogP contribution >= 0.6 is 0 Å². The molecule has 0 heterocycles. The molecule has 4 rings (SSSR count). The van der Waals surface area contributed by atoms with Gasteiger partial charge < -0.3 is 10.2 Å². The van der Waals surface area contributed by atoms with E-state index in [0.29, 0.717) is 11.1 Å². The third kappa shape index (κ3) is 4.65. The first-order valence-electron chi connectivity index (χ1n) is 8.00. The van der Waals surface area contributed by atoms with Crippen molar-refractivity contribution in [1.82, 2.24) is 0 Å². The van der Waals surface area contributed by atoms with E-state index in [1.54, 1.807) is 24.3 Å². The average molecular weight is 472 g/mol. The van der Waals surface area contributed by atoms with Crippen molar-refractivity contribution < 1.29 is 19.8 Å². The second kappa shape index (κ2) is 9.18. The van der Waals surface area contributed by atoms with Crippen LogP contribution in [0.5, 0.6) is 0 Å². The molecule has 0 saturated carbocycles. The van der Waals surface area contributed by atoms with E-state index >= 15 is 0 Å². The summed E-state index contributed by atoms with van der Waals surface area (Å²) in [5, 5.41) is 21.3. The molecule has 5 heteroatoms. The minimum atomic E-state index is -0.878. The van der Waals surface area contributed by atoms with Gasteiger partial charge in [-0.15, -0.1) is 0 Å². The van der Waals surface area contributed by atoms with E-state index in [9.17, 15) is 9.59 Å². The van der Waals surface area contributed by atoms with E-state index in [4.69, 9.17) is 10.2 Å². The molecule has 0 aliphatic carbocycles. The van der Waals surface area contributed by atoms with Crippen molar-refractivity contribution in [2.24, 2.45) is 0 Å². The number of aromatic carboxylic acids is 2. The molecule has 0 aromatic heterocycles. The predicted octanol–water partition coefficient (Wildman–Crippen LogP) is 4.70. The smallest absolute Gasteiger partial charge is 0.336 e. The summed E-state index contributed by atoms with van der Waals surface area (Å²) in [6.45, 7) is 0. The first-order valence-corrected chi connectivity index (χ1v) is 8.00. The Bertz CT molecular complexity index is 1010. The Labute approximate surface area is 172 Å². The standard InChI is InChI=1S/2C11H8O2.Te/c2*12-11(13)10-7-3-5-8-4-1-2-6-9(8)10;/h2*1-7H,(H,12,13);. The van der Waals surface area contributed by atoms with Gasteiger partial charge in [-0.05, 0) is 33.7 Å². The van der Waals surface area contributed by atoms with Crippen LogP contribution in [0.25, 0.3) is 21.5 Å². The third-order valence-corrected chi connectivity index (χ3v) is 4.04. The van der Waals surface area contributed by atoms with Gasteiger partial charge in [-0.1, -0.05) is 72.8 Å². The number of hydrogen-bond acceptors (Lipinski definition) is 2. The van der Waals surface area contributed by atoms with E-state index in [1.165, 1.54) is 0 Å². The second-order valence-corrected chi connectivity index (χ2v) is 5.66. The Morgan fingerprint density at radius 2 is 0.852 bits per heavy atom. The Kier molecular flexibility index (Phi) is 6.95. The van der Waals surface area contributed by atoms with Crippen LogP contribution in [0.15, 0.2) is 84.9 Å². The first-order chi connectivity index (χ1) is 12.6. The van der Waals surface area contributed by atoms with Crippen molar-refractivity contribution >= 4 is 57.2 Å². The molecule has 0 saturated heterocycles. The zero-order valence-corrected chi connectivity index (χ0v) is 16.5. The topological polar surface area (TPSA) is 74.6 Å². The molecule has 0 spiro atoms. The summed E-state index contributed by atoms with van der Waals surface area (Å²) >= 11 is 0. The monoisotopic (exact) mass is 474 g/mol. The van der Waals surface area contributed by atoms with Crippen molar-refractivity contribution in [3.8, 4) is 0 Å². The van der Waals surface area contributed by atoms with E-state index in [0.717, 1.165) is 21.5 Å². The van der Waals surface area contributed by atoms with Crippen molar-refractivity contribution in [2.45, 2.75) is 0 Å². The third-order valence-electron chi connectivity index (χ3n) is 4.04. The Morgan fingerprint density at radius 1 is 0.519 bits per heavy atom. The summed E-state index contributed by atoms with van der Waals surface area (Å²) in [7, 11) is 0. The van der Waals surface area contributed by atoms with Crippen molar-refractivity contribution in [3.05, 3.63) is 96.1 Å². The molecular weight excluding hydrogens is 456 g/mol. The molecule has 0 unspecified atom stereocenters. The van der Waals surface area contributed by atoms with Crippen LogP contribution < -0.4 is 0 Å². The summed E-state index contributed by atoms with van der Waals surface area (Å²) in [6, 6.07) is 25.5. The van der Waals surface area contributed by atoms with E-state index < -0.39 is 11.9 Å². The van der Waals surface area contributed by atoms with Gasteiger partial charge in [0.25, 0.3) is 0 Å². The molecule has 4 aromatic rings. The average Bonchev–Trinajstić information content (AvgIpc) is 2.67. The SMILES string of the molecule is O=C(O)c1cccc2ccccc12.O=C(O)c1cccc2ccccc12.[Te]. The predicted molar refractivity (Wildman–Crippen MR) is 108 cm³/mol. The first kappa shape index (κ1) is 20.4. The Morgan fingerprint density at radius 3 is 1.22 bits per heavy atom. The fraction of sp³-hybridized carbons (Fsp3) is 0. The van der Waals surface area contributed by atoms with E-state index in [2.05, 4.69) is 0 Å². The Hall–Kier alpha value is -2.87. The fourth-order valence-electron chi connectivity index (χ4n) is 2.82. The minimum Gasteiger partial charge on any atom is -0.478 e. The maximum absolute atomic E-state index is 10.8. The summed E-state index contributed by atoms with van der Waals surface area (Å²) in [5.41, 5.74) is 0.719. The van der Waals surface area contributed by atoms with Crippen LogP contribution in [-0.2, 0) is 0 Å². The van der Waals surface area contributed by atoms with Crippen LogP contribution in [0.2, 0.25) is 0 Å². The molecule has 27 heavy (non-hydrogen) atoms. The van der Waals surface area contributed by atoms with Crippen LogP contribution in [0.3, 0.4) is 0 Å². The van der Waals surface area contributed by atoms with Gasteiger partial charge in [0, 0.05) is 23.7 Å². The van der Waals surface area contributed by atoms with Crippen LogP contribution in [0, 0.1) is 0 Å². The Balaban J connectivity index is 0.000000187. The van der Waals surface area contributed by atoms with Crippen LogP contribution in [0.4, 0.5) is 0 Å². The summed E-state index contributed by atoms with van der Waals surface area (Å²) < 4.78 is 0. The van der Waals surface area contributed by atoms with Crippen LogP contribution in [-0.4, -0.2) is 45.8 Å². The van der Waals surface area contributed by atoms with Gasteiger partial charge in [0.05, 0.1) is 11.1 Å². The maximum Gasteiger partial charge on any atom is 0.336 e. The molecule has 134 valence electrons. The van der Waals surface area contributed by atoms with Gasteiger partial charge >= 0.3 is 11.9 Å². The van der Waals surface area contributed by atoms with Crippen molar-refractivity contribution in [3.63, 3.8) is 0 Å². The number of fused-ring (bicyclic) bond motifs is 2. The zero-order chi connectivity index (χ0) is 18.5. The molecule has 0 amide bonds. The van der Waals surface area contributed by atoms with Gasteiger partial charge in [-0.2, -0.15) is 0 Å². The van der Waals surface area contributed by atoms with Gasteiger partial charge in [0.1, 0.15) is 0 Å². The van der Waals surface area contributed by atoms with Crippen molar-refractivity contribution in [1.29, 1.82) is 0 Å². The summed E-state index contributed by atoms with van der Waals surface area (Å²) in [6.07, 6.45) is 0. The zero-order valence-electron chi connectivity index (χ0n) is 14.2.